The van der Waals surface area contributed by atoms with Gasteiger partial charge in [0.2, 0.25) is 0 Å². The molecule has 1 heterocycles. The van der Waals surface area contributed by atoms with E-state index in [-0.39, 0.29) is 6.61 Å². The number of nitrogens with zero attached hydrogens (tertiary/aromatic N) is 2. The summed E-state index contributed by atoms with van der Waals surface area (Å²) in [5.74, 6) is 0. The highest BCUT2D eigenvalue weighted by Gasteiger charge is 2.16. The molecule has 0 bridgehead atoms. The van der Waals surface area contributed by atoms with Crippen LogP contribution in [0.3, 0.4) is 0 Å². The number of hydrogen-bond acceptors (Lipinski definition) is 4. The molecule has 1 aliphatic rings. The summed E-state index contributed by atoms with van der Waals surface area (Å²) in [6.07, 6.45) is 1.13. The van der Waals surface area contributed by atoms with Crippen molar-refractivity contribution < 1.29 is 5.11 Å². The molecule has 19 heavy (non-hydrogen) atoms. The monoisotopic (exact) mass is 327 g/mol. The Balaban J connectivity index is 2.05. The SMILES string of the molecule is NCc1ccc(N2CCCN(CCO)CC2)c(Br)c1. The Morgan fingerprint density at radius 2 is 2.05 bits per heavy atom. The standard InChI is InChI=1S/C14H22BrN3O/c15-13-10-12(11-16)2-3-14(13)18-5-1-4-17(6-7-18)8-9-19/h2-3,10,19H,1,4-9,11,16H2. The van der Waals surface area contributed by atoms with Crippen molar-refractivity contribution >= 4 is 21.6 Å². The summed E-state index contributed by atoms with van der Waals surface area (Å²) in [5.41, 5.74) is 8.04. The largest absolute Gasteiger partial charge is 0.395 e. The minimum Gasteiger partial charge on any atom is -0.395 e. The van der Waals surface area contributed by atoms with E-state index in [1.54, 1.807) is 0 Å². The van der Waals surface area contributed by atoms with Crippen LogP contribution in [0.15, 0.2) is 22.7 Å². The molecule has 0 radical (unpaired) electrons. The van der Waals surface area contributed by atoms with E-state index >= 15 is 0 Å². The Labute approximate surface area is 123 Å². The number of rotatable bonds is 4. The number of aliphatic hydroxyl groups is 1. The highest BCUT2D eigenvalue weighted by atomic mass is 79.9. The fourth-order valence-electron chi connectivity index (χ4n) is 2.51. The quantitative estimate of drug-likeness (QED) is 0.878. The van der Waals surface area contributed by atoms with Gasteiger partial charge in [0.1, 0.15) is 0 Å². The molecule has 1 aromatic rings. The van der Waals surface area contributed by atoms with Gasteiger partial charge in [0.05, 0.1) is 12.3 Å². The van der Waals surface area contributed by atoms with Crippen LogP contribution in [0.4, 0.5) is 5.69 Å². The Morgan fingerprint density at radius 3 is 2.74 bits per heavy atom. The topological polar surface area (TPSA) is 52.7 Å². The van der Waals surface area contributed by atoms with Crippen molar-refractivity contribution in [1.29, 1.82) is 0 Å². The van der Waals surface area contributed by atoms with Gasteiger partial charge in [-0.1, -0.05) is 6.07 Å². The Bertz CT molecular complexity index is 414. The van der Waals surface area contributed by atoms with E-state index in [0.717, 1.165) is 49.2 Å². The molecule has 0 saturated carbocycles. The lowest BCUT2D eigenvalue weighted by molar-refractivity contribution is 0.204. The molecule has 0 atom stereocenters. The molecule has 1 aromatic carbocycles. The van der Waals surface area contributed by atoms with Gasteiger partial charge in [0.25, 0.3) is 0 Å². The second-order valence-electron chi connectivity index (χ2n) is 4.90. The molecule has 0 aliphatic carbocycles. The zero-order valence-corrected chi connectivity index (χ0v) is 12.8. The first-order valence-corrected chi connectivity index (χ1v) is 7.60. The van der Waals surface area contributed by atoms with Gasteiger partial charge in [-0.15, -0.1) is 0 Å². The summed E-state index contributed by atoms with van der Waals surface area (Å²) in [4.78, 5) is 4.73. The van der Waals surface area contributed by atoms with Crippen molar-refractivity contribution in [2.45, 2.75) is 13.0 Å². The number of aliphatic hydroxyl groups excluding tert-OH is 1. The fourth-order valence-corrected chi connectivity index (χ4v) is 3.19. The minimum absolute atomic E-state index is 0.245. The first-order chi connectivity index (χ1) is 9.24. The van der Waals surface area contributed by atoms with Crippen molar-refractivity contribution in [3.05, 3.63) is 28.2 Å². The van der Waals surface area contributed by atoms with E-state index in [2.05, 4.69) is 43.9 Å². The third kappa shape index (κ3) is 3.92. The molecular formula is C14H22BrN3O. The molecule has 4 nitrogen and oxygen atoms in total. The Hall–Kier alpha value is -0.620. The molecule has 0 amide bonds. The van der Waals surface area contributed by atoms with Gasteiger partial charge >= 0.3 is 0 Å². The van der Waals surface area contributed by atoms with Crippen LogP contribution in [-0.4, -0.2) is 49.3 Å². The molecule has 3 N–H and O–H groups in total. The molecule has 5 heteroatoms. The van der Waals surface area contributed by atoms with Crippen LogP contribution >= 0.6 is 15.9 Å². The van der Waals surface area contributed by atoms with E-state index in [9.17, 15) is 0 Å². The zero-order chi connectivity index (χ0) is 13.7. The average Bonchev–Trinajstić information content (AvgIpc) is 2.65. The third-order valence-electron chi connectivity index (χ3n) is 3.59. The molecule has 106 valence electrons. The first kappa shape index (κ1) is 14.8. The molecule has 1 saturated heterocycles. The van der Waals surface area contributed by atoms with Crippen molar-refractivity contribution in [3.8, 4) is 0 Å². The molecule has 0 spiro atoms. The highest BCUT2D eigenvalue weighted by Crippen LogP contribution is 2.28. The summed E-state index contributed by atoms with van der Waals surface area (Å²) in [6.45, 7) is 5.73. The summed E-state index contributed by atoms with van der Waals surface area (Å²) in [7, 11) is 0. The van der Waals surface area contributed by atoms with Crippen LogP contribution in [0.5, 0.6) is 0 Å². The molecular weight excluding hydrogens is 306 g/mol. The lowest BCUT2D eigenvalue weighted by Crippen LogP contribution is -2.32. The molecule has 0 unspecified atom stereocenters. The van der Waals surface area contributed by atoms with Crippen LogP contribution in [0.1, 0.15) is 12.0 Å². The smallest absolute Gasteiger partial charge is 0.0558 e. The third-order valence-corrected chi connectivity index (χ3v) is 4.23. The predicted octanol–water partition coefficient (Wildman–Crippen LogP) is 1.41. The number of nitrogens with two attached hydrogens (primary N) is 1. The lowest BCUT2D eigenvalue weighted by atomic mass is 10.2. The van der Waals surface area contributed by atoms with Gasteiger partial charge in [0, 0.05) is 37.2 Å². The maximum absolute atomic E-state index is 9.02. The van der Waals surface area contributed by atoms with E-state index < -0.39 is 0 Å². The number of anilines is 1. The van der Waals surface area contributed by atoms with Gasteiger partial charge in [-0.2, -0.15) is 0 Å². The van der Waals surface area contributed by atoms with Crippen molar-refractivity contribution in [1.82, 2.24) is 4.90 Å². The maximum atomic E-state index is 9.02. The Morgan fingerprint density at radius 1 is 1.21 bits per heavy atom. The number of benzene rings is 1. The maximum Gasteiger partial charge on any atom is 0.0558 e. The summed E-state index contributed by atoms with van der Waals surface area (Å²) < 4.78 is 1.12. The minimum atomic E-state index is 0.245. The van der Waals surface area contributed by atoms with Gasteiger partial charge in [0.15, 0.2) is 0 Å². The molecule has 1 fully saturated rings. The van der Waals surface area contributed by atoms with Crippen molar-refractivity contribution in [2.75, 3.05) is 44.2 Å². The van der Waals surface area contributed by atoms with Gasteiger partial charge < -0.3 is 15.7 Å². The van der Waals surface area contributed by atoms with Gasteiger partial charge in [-0.05, 0) is 46.6 Å². The van der Waals surface area contributed by atoms with E-state index in [0.29, 0.717) is 6.54 Å². The summed E-state index contributed by atoms with van der Waals surface area (Å²) in [6, 6.07) is 6.34. The normalized spacial score (nSPS) is 17.5. The van der Waals surface area contributed by atoms with Crippen LogP contribution in [-0.2, 0) is 6.54 Å². The van der Waals surface area contributed by atoms with Crippen LogP contribution in [0.2, 0.25) is 0 Å². The van der Waals surface area contributed by atoms with Gasteiger partial charge in [-0.3, -0.25) is 4.90 Å². The molecule has 2 rings (SSSR count). The number of hydrogen-bond donors (Lipinski definition) is 2. The van der Waals surface area contributed by atoms with Crippen molar-refractivity contribution in [3.63, 3.8) is 0 Å². The van der Waals surface area contributed by atoms with E-state index in [1.807, 2.05) is 0 Å². The number of halogens is 1. The van der Waals surface area contributed by atoms with E-state index in [1.165, 1.54) is 5.69 Å². The predicted molar refractivity (Wildman–Crippen MR) is 82.4 cm³/mol. The fraction of sp³-hybridized carbons (Fsp3) is 0.571. The van der Waals surface area contributed by atoms with Gasteiger partial charge in [-0.25, -0.2) is 0 Å². The van der Waals surface area contributed by atoms with E-state index in [4.69, 9.17) is 10.8 Å². The van der Waals surface area contributed by atoms with Crippen LogP contribution < -0.4 is 10.6 Å². The average molecular weight is 328 g/mol. The summed E-state index contributed by atoms with van der Waals surface area (Å²) in [5, 5.41) is 9.02. The molecule has 0 aromatic heterocycles. The first-order valence-electron chi connectivity index (χ1n) is 6.81. The highest BCUT2D eigenvalue weighted by molar-refractivity contribution is 9.10. The second-order valence-corrected chi connectivity index (χ2v) is 5.75. The van der Waals surface area contributed by atoms with Crippen LogP contribution in [0.25, 0.3) is 0 Å². The number of β-amino-alcohol motifs (C(OH)–C–C–N with tert-alkyl or cyclic N) is 1. The lowest BCUT2D eigenvalue weighted by Gasteiger charge is -2.25. The summed E-state index contributed by atoms with van der Waals surface area (Å²) >= 11 is 3.64. The zero-order valence-electron chi connectivity index (χ0n) is 11.2. The van der Waals surface area contributed by atoms with Crippen molar-refractivity contribution in [2.24, 2.45) is 5.73 Å². The van der Waals surface area contributed by atoms with Crippen LogP contribution in [0, 0.1) is 0 Å². The Kier molecular flexibility index (Phi) is 5.63. The second kappa shape index (κ2) is 7.24. The molecule has 1 aliphatic heterocycles.